The molecule has 3 N–H and O–H groups in total. The van der Waals surface area contributed by atoms with Crippen molar-refractivity contribution in [2.75, 3.05) is 6.54 Å². The number of aryl methyl sites for hydroxylation is 2. The Kier molecular flexibility index (Phi) is 6.05. The van der Waals surface area contributed by atoms with Gasteiger partial charge in [-0.05, 0) is 43.5 Å². The summed E-state index contributed by atoms with van der Waals surface area (Å²) in [5.41, 5.74) is 8.68. The van der Waals surface area contributed by atoms with E-state index in [2.05, 4.69) is 17.1 Å². The third-order valence-corrected chi connectivity index (χ3v) is 4.14. The van der Waals surface area contributed by atoms with Crippen LogP contribution in [0.4, 0.5) is 0 Å². The fourth-order valence-electron chi connectivity index (χ4n) is 2.78. The molecule has 1 aromatic heterocycles. The van der Waals surface area contributed by atoms with Crippen LogP contribution in [0.25, 0.3) is 11.0 Å². The Hall–Kier alpha value is -1.55. The van der Waals surface area contributed by atoms with Crippen molar-refractivity contribution in [1.82, 2.24) is 9.55 Å². The van der Waals surface area contributed by atoms with Crippen LogP contribution in [0.2, 0.25) is 0 Å². The number of imidazole rings is 1. The highest BCUT2D eigenvalue weighted by atomic mass is 16.1. The molecule has 0 bridgehead atoms. The zero-order valence-electron chi connectivity index (χ0n) is 13.0. The molecule has 4 nitrogen and oxygen atoms in total. The second-order valence-electron chi connectivity index (χ2n) is 5.85. The molecule has 0 amide bonds. The Balaban J connectivity index is 1.74. The molecule has 0 saturated heterocycles. The summed E-state index contributed by atoms with van der Waals surface area (Å²) in [6, 6.07) is 6.27. The summed E-state index contributed by atoms with van der Waals surface area (Å²) in [4.78, 5) is 14.4. The maximum atomic E-state index is 11.6. The number of aromatic amines is 1. The maximum absolute atomic E-state index is 11.6. The lowest BCUT2D eigenvalue weighted by molar-refractivity contribution is 0.582. The first-order valence-corrected chi connectivity index (χ1v) is 8.10. The topological polar surface area (TPSA) is 63.8 Å². The number of H-pyrrole nitrogens is 1. The molecular formula is C17H27N3O. The predicted molar refractivity (Wildman–Crippen MR) is 88.6 cm³/mol. The number of nitrogens with two attached hydrogens (primary N) is 1. The number of hydrogen-bond donors (Lipinski definition) is 2. The van der Waals surface area contributed by atoms with Crippen molar-refractivity contribution < 1.29 is 0 Å². The van der Waals surface area contributed by atoms with Crippen molar-refractivity contribution in [3.05, 3.63) is 34.2 Å². The van der Waals surface area contributed by atoms with Crippen LogP contribution < -0.4 is 11.4 Å². The zero-order valence-corrected chi connectivity index (χ0v) is 13.0. The normalized spacial score (nSPS) is 11.3. The van der Waals surface area contributed by atoms with E-state index in [0.717, 1.165) is 30.4 Å². The van der Waals surface area contributed by atoms with Crippen molar-refractivity contribution in [1.29, 1.82) is 0 Å². The average molecular weight is 289 g/mol. The van der Waals surface area contributed by atoms with Gasteiger partial charge >= 0.3 is 5.69 Å². The first-order chi connectivity index (χ1) is 10.2. The van der Waals surface area contributed by atoms with Gasteiger partial charge in [0.15, 0.2) is 0 Å². The summed E-state index contributed by atoms with van der Waals surface area (Å²) in [6.45, 7) is 0.824. The number of fused-ring (bicyclic) bond motifs is 1. The van der Waals surface area contributed by atoms with Crippen LogP contribution in [0.3, 0.4) is 0 Å². The van der Waals surface area contributed by atoms with E-state index < -0.39 is 0 Å². The third kappa shape index (κ3) is 4.46. The Bertz CT molecular complexity index is 612. The van der Waals surface area contributed by atoms with E-state index in [1.165, 1.54) is 44.1 Å². The van der Waals surface area contributed by atoms with E-state index in [4.69, 9.17) is 5.73 Å². The van der Waals surface area contributed by atoms with Crippen LogP contribution in [0.15, 0.2) is 23.0 Å². The monoisotopic (exact) mass is 289 g/mol. The van der Waals surface area contributed by atoms with Crippen LogP contribution in [0, 0.1) is 0 Å². The fourth-order valence-corrected chi connectivity index (χ4v) is 2.78. The molecular weight excluding hydrogens is 262 g/mol. The van der Waals surface area contributed by atoms with Gasteiger partial charge in [-0.2, -0.15) is 0 Å². The largest absolute Gasteiger partial charge is 0.330 e. The summed E-state index contributed by atoms with van der Waals surface area (Å²) in [7, 11) is 1.81. The van der Waals surface area contributed by atoms with Gasteiger partial charge in [0.05, 0.1) is 11.0 Å². The molecule has 0 aliphatic rings. The molecule has 1 aromatic carbocycles. The third-order valence-electron chi connectivity index (χ3n) is 4.14. The first-order valence-electron chi connectivity index (χ1n) is 8.10. The van der Waals surface area contributed by atoms with Gasteiger partial charge < -0.3 is 10.7 Å². The molecule has 21 heavy (non-hydrogen) atoms. The molecule has 0 spiro atoms. The number of unbranched alkanes of at least 4 members (excludes halogenated alkanes) is 6. The minimum atomic E-state index is -0.0420. The Morgan fingerprint density at radius 2 is 1.71 bits per heavy atom. The Morgan fingerprint density at radius 3 is 2.43 bits per heavy atom. The van der Waals surface area contributed by atoms with Crippen LogP contribution >= 0.6 is 0 Å². The molecule has 0 aliphatic heterocycles. The standard InChI is InChI=1S/C17H27N3O/c1-20-16-13-14(10-11-15(16)19-17(20)21)9-7-5-3-2-4-6-8-12-18/h10-11,13H,2-9,12,18H2,1H3,(H,19,21). The average Bonchev–Trinajstić information content (AvgIpc) is 2.77. The molecule has 0 unspecified atom stereocenters. The minimum Gasteiger partial charge on any atom is -0.330 e. The van der Waals surface area contributed by atoms with E-state index in [9.17, 15) is 4.79 Å². The Morgan fingerprint density at radius 1 is 1.05 bits per heavy atom. The van der Waals surface area contributed by atoms with Gasteiger partial charge in [0, 0.05) is 7.05 Å². The van der Waals surface area contributed by atoms with E-state index in [-0.39, 0.29) is 5.69 Å². The highest BCUT2D eigenvalue weighted by Gasteiger charge is 2.03. The van der Waals surface area contributed by atoms with Crippen molar-refractivity contribution in [2.24, 2.45) is 12.8 Å². The van der Waals surface area contributed by atoms with E-state index >= 15 is 0 Å². The lowest BCUT2D eigenvalue weighted by Crippen LogP contribution is -2.11. The number of nitrogens with zero attached hydrogens (tertiary/aromatic N) is 1. The van der Waals surface area contributed by atoms with Gasteiger partial charge in [-0.3, -0.25) is 4.57 Å². The van der Waals surface area contributed by atoms with E-state index in [1.807, 2.05) is 13.1 Å². The Labute approximate surface area is 126 Å². The van der Waals surface area contributed by atoms with Crippen LogP contribution in [-0.2, 0) is 13.5 Å². The molecule has 1 heterocycles. The fraction of sp³-hybridized carbons (Fsp3) is 0.588. The van der Waals surface area contributed by atoms with Crippen LogP contribution in [-0.4, -0.2) is 16.1 Å². The van der Waals surface area contributed by atoms with Crippen molar-refractivity contribution >= 4 is 11.0 Å². The summed E-state index contributed by atoms with van der Waals surface area (Å²) < 4.78 is 1.68. The van der Waals surface area contributed by atoms with Crippen molar-refractivity contribution in [3.8, 4) is 0 Å². The highest BCUT2D eigenvalue weighted by Crippen LogP contribution is 2.15. The lowest BCUT2D eigenvalue weighted by atomic mass is 10.0. The molecule has 0 radical (unpaired) electrons. The molecule has 0 fully saturated rings. The number of nitrogens with one attached hydrogen (secondary N) is 1. The molecule has 2 aromatic rings. The summed E-state index contributed by atoms with van der Waals surface area (Å²) >= 11 is 0. The number of rotatable bonds is 9. The van der Waals surface area contributed by atoms with Crippen molar-refractivity contribution in [3.63, 3.8) is 0 Å². The van der Waals surface area contributed by atoms with E-state index in [0.29, 0.717) is 0 Å². The van der Waals surface area contributed by atoms with Crippen LogP contribution in [0.1, 0.15) is 50.5 Å². The molecule has 0 aliphatic carbocycles. The van der Waals surface area contributed by atoms with Crippen molar-refractivity contribution in [2.45, 2.75) is 51.4 Å². The minimum absolute atomic E-state index is 0.0420. The number of benzene rings is 1. The summed E-state index contributed by atoms with van der Waals surface area (Å²) in [5.74, 6) is 0. The summed E-state index contributed by atoms with van der Waals surface area (Å²) in [5, 5.41) is 0. The van der Waals surface area contributed by atoms with Gasteiger partial charge in [0.25, 0.3) is 0 Å². The molecule has 116 valence electrons. The smallest absolute Gasteiger partial charge is 0.326 e. The molecule has 2 rings (SSSR count). The van der Waals surface area contributed by atoms with Crippen LogP contribution in [0.5, 0.6) is 0 Å². The quantitative estimate of drug-likeness (QED) is 0.697. The zero-order chi connectivity index (χ0) is 15.1. The highest BCUT2D eigenvalue weighted by molar-refractivity contribution is 5.75. The number of hydrogen-bond acceptors (Lipinski definition) is 2. The molecule has 0 saturated carbocycles. The predicted octanol–water partition coefficient (Wildman–Crippen LogP) is 3.10. The van der Waals surface area contributed by atoms with Gasteiger partial charge in [-0.1, -0.05) is 38.2 Å². The molecule has 0 atom stereocenters. The van der Waals surface area contributed by atoms with Gasteiger partial charge in [0.1, 0.15) is 0 Å². The van der Waals surface area contributed by atoms with Gasteiger partial charge in [-0.25, -0.2) is 4.79 Å². The number of aromatic nitrogens is 2. The second kappa shape index (κ2) is 8.03. The second-order valence-corrected chi connectivity index (χ2v) is 5.85. The van der Waals surface area contributed by atoms with Gasteiger partial charge in [-0.15, -0.1) is 0 Å². The van der Waals surface area contributed by atoms with E-state index in [1.54, 1.807) is 4.57 Å². The summed E-state index contributed by atoms with van der Waals surface area (Å²) in [6.07, 6.45) is 9.99. The first kappa shape index (κ1) is 15.8. The SMILES string of the molecule is Cn1c(=O)[nH]c2ccc(CCCCCCCCCN)cc21. The van der Waals surface area contributed by atoms with Gasteiger partial charge in [0.2, 0.25) is 0 Å². The maximum Gasteiger partial charge on any atom is 0.326 e. The molecule has 4 heteroatoms. The lowest BCUT2D eigenvalue weighted by Gasteiger charge is -2.03.